The van der Waals surface area contributed by atoms with E-state index in [-0.39, 0.29) is 17.2 Å². The summed E-state index contributed by atoms with van der Waals surface area (Å²) >= 11 is 1.03. The number of nitrogens with one attached hydrogen (secondary N) is 4. The number of aryl methyl sites for hydroxylation is 1. The summed E-state index contributed by atoms with van der Waals surface area (Å²) in [4.78, 5) is 58.2. The lowest BCUT2D eigenvalue weighted by Gasteiger charge is -2.15. The predicted molar refractivity (Wildman–Crippen MR) is 142 cm³/mol. The number of thioether (sulfide) groups is 1. The number of aliphatic imine (C=N–C) groups is 1. The van der Waals surface area contributed by atoms with Gasteiger partial charge in [-0.2, -0.15) is 0 Å². The first kappa shape index (κ1) is 26.5. The van der Waals surface area contributed by atoms with Gasteiger partial charge in [0.2, 0.25) is 17.7 Å². The molecule has 38 heavy (non-hydrogen) atoms. The molecule has 0 aliphatic carbocycles. The Morgan fingerprint density at radius 1 is 1.08 bits per heavy atom. The zero-order chi connectivity index (χ0) is 27.4. The van der Waals surface area contributed by atoms with Gasteiger partial charge in [-0.3, -0.25) is 24.4 Å². The van der Waals surface area contributed by atoms with E-state index in [0.29, 0.717) is 22.7 Å². The standard InChI is InChI=1S/C25H25N5O7S/c1-12-4-6-13(7-5-12)20(19-22(33)28-24(35)29-23(19)34)27-25-30-21(32)17(38-25)11-18(31)26-14-8-9-15(36-2)16(10-14)37-3/h4-10,17,20H,11H2,1-3H3,(H,26,31)(H,27,30,32)(H3,28,29,33,34,35)/t17-,20-/m0/s1. The maximum Gasteiger partial charge on any atom is 0.328 e. The Labute approximate surface area is 220 Å². The number of amides is 2. The van der Waals surface area contributed by atoms with Crippen molar-refractivity contribution in [1.29, 1.82) is 0 Å². The van der Waals surface area contributed by atoms with Crippen LogP contribution in [0.2, 0.25) is 0 Å². The Morgan fingerprint density at radius 3 is 2.45 bits per heavy atom. The van der Waals surface area contributed by atoms with Crippen molar-refractivity contribution in [3.05, 3.63) is 80.0 Å². The van der Waals surface area contributed by atoms with Crippen LogP contribution >= 0.6 is 11.8 Å². The van der Waals surface area contributed by atoms with Crippen LogP contribution in [0.4, 0.5) is 5.69 Å². The number of rotatable bonds is 8. The van der Waals surface area contributed by atoms with Crippen molar-refractivity contribution < 1.29 is 24.2 Å². The van der Waals surface area contributed by atoms with E-state index in [0.717, 1.165) is 17.3 Å². The first-order chi connectivity index (χ1) is 18.2. The highest BCUT2D eigenvalue weighted by Gasteiger charge is 2.34. The summed E-state index contributed by atoms with van der Waals surface area (Å²) in [6.45, 7) is 1.89. The quantitative estimate of drug-likeness (QED) is 0.288. The van der Waals surface area contributed by atoms with Crippen LogP contribution < -0.4 is 31.4 Å². The monoisotopic (exact) mass is 539 g/mol. The Hall–Kier alpha value is -4.52. The minimum absolute atomic E-state index is 0.149. The van der Waals surface area contributed by atoms with Crippen molar-refractivity contribution in [3.63, 3.8) is 0 Å². The second-order valence-electron chi connectivity index (χ2n) is 8.34. The summed E-state index contributed by atoms with van der Waals surface area (Å²) in [5.41, 5.74) is 0.101. The number of nitrogens with zero attached hydrogens (tertiary/aromatic N) is 1. The molecule has 1 aliphatic heterocycles. The maximum atomic E-state index is 12.7. The van der Waals surface area contributed by atoms with Crippen molar-refractivity contribution in [2.75, 3.05) is 19.5 Å². The molecule has 3 aromatic rings. The van der Waals surface area contributed by atoms with Crippen LogP contribution in [-0.4, -0.2) is 51.5 Å². The summed E-state index contributed by atoms with van der Waals surface area (Å²) < 4.78 is 10.4. The van der Waals surface area contributed by atoms with E-state index < -0.39 is 40.2 Å². The van der Waals surface area contributed by atoms with Gasteiger partial charge in [0.1, 0.15) is 16.9 Å². The third-order valence-corrected chi connectivity index (χ3v) is 6.78. The summed E-state index contributed by atoms with van der Waals surface area (Å²) in [6.07, 6.45) is -0.149. The molecule has 4 rings (SSSR count). The minimum Gasteiger partial charge on any atom is -0.494 e. The van der Waals surface area contributed by atoms with Crippen molar-refractivity contribution in [2.45, 2.75) is 24.6 Å². The fourth-order valence-corrected chi connectivity index (χ4v) is 4.80. The third-order valence-electron chi connectivity index (χ3n) is 5.69. The van der Waals surface area contributed by atoms with E-state index in [2.05, 4.69) is 25.6 Å². The van der Waals surface area contributed by atoms with Gasteiger partial charge in [-0.05, 0) is 24.6 Å². The van der Waals surface area contributed by atoms with Gasteiger partial charge in [-0.1, -0.05) is 41.6 Å². The topological polar surface area (TPSA) is 175 Å². The molecule has 0 unspecified atom stereocenters. The van der Waals surface area contributed by atoms with Crippen LogP contribution in [0.1, 0.15) is 29.2 Å². The second-order valence-corrected chi connectivity index (χ2v) is 9.53. The van der Waals surface area contributed by atoms with Gasteiger partial charge in [0.25, 0.3) is 5.56 Å². The molecule has 0 radical (unpaired) electrons. The maximum absolute atomic E-state index is 12.7. The number of aromatic nitrogens is 2. The van der Waals surface area contributed by atoms with E-state index in [1.165, 1.54) is 14.2 Å². The summed E-state index contributed by atoms with van der Waals surface area (Å²) in [7, 11) is 2.98. The van der Waals surface area contributed by atoms with Crippen LogP contribution in [0.15, 0.2) is 57.0 Å². The minimum atomic E-state index is -1.04. The van der Waals surface area contributed by atoms with Crippen LogP contribution in [0.25, 0.3) is 0 Å². The molecule has 0 bridgehead atoms. The summed E-state index contributed by atoms with van der Waals surface area (Å²) in [5, 5.41) is 15.1. The van der Waals surface area contributed by atoms with E-state index in [1.54, 1.807) is 42.5 Å². The molecule has 2 amide bonds. The first-order valence-corrected chi connectivity index (χ1v) is 12.3. The van der Waals surface area contributed by atoms with Gasteiger partial charge in [-0.25, -0.2) is 9.79 Å². The normalized spacial score (nSPS) is 16.7. The number of hydrogen-bond acceptors (Lipinski definition) is 9. The van der Waals surface area contributed by atoms with Crippen LogP contribution in [0.3, 0.4) is 0 Å². The number of aromatic hydroxyl groups is 1. The molecule has 5 N–H and O–H groups in total. The lowest BCUT2D eigenvalue weighted by molar-refractivity contribution is -0.122. The Morgan fingerprint density at radius 2 is 1.79 bits per heavy atom. The lowest BCUT2D eigenvalue weighted by atomic mass is 10.00. The molecule has 1 saturated heterocycles. The average molecular weight is 540 g/mol. The number of anilines is 1. The van der Waals surface area contributed by atoms with Crippen LogP contribution in [0, 0.1) is 6.92 Å². The van der Waals surface area contributed by atoms with Crippen molar-refractivity contribution in [1.82, 2.24) is 15.3 Å². The molecule has 2 heterocycles. The molecule has 0 spiro atoms. The Bertz CT molecular complexity index is 1510. The molecule has 1 aromatic heterocycles. The van der Waals surface area contributed by atoms with Gasteiger partial charge in [0.05, 0.1) is 14.2 Å². The smallest absolute Gasteiger partial charge is 0.328 e. The molecule has 1 aliphatic rings. The number of methoxy groups -OCH3 is 2. The van der Waals surface area contributed by atoms with E-state index in [4.69, 9.17) is 9.47 Å². The van der Waals surface area contributed by atoms with Gasteiger partial charge in [-0.15, -0.1) is 0 Å². The van der Waals surface area contributed by atoms with Gasteiger partial charge >= 0.3 is 5.69 Å². The number of ether oxygens (including phenoxy) is 2. The van der Waals surface area contributed by atoms with Gasteiger partial charge < -0.3 is 25.2 Å². The zero-order valence-electron chi connectivity index (χ0n) is 20.7. The van der Waals surface area contributed by atoms with Gasteiger partial charge in [0.15, 0.2) is 16.7 Å². The fraction of sp³-hybridized carbons (Fsp3) is 0.240. The first-order valence-electron chi connectivity index (χ1n) is 11.4. The largest absolute Gasteiger partial charge is 0.494 e. The van der Waals surface area contributed by atoms with E-state index >= 15 is 0 Å². The van der Waals surface area contributed by atoms with E-state index in [1.807, 2.05) is 6.92 Å². The second kappa shape index (κ2) is 11.3. The number of carbonyl (C=O) groups excluding carboxylic acids is 2. The number of hydrogen-bond donors (Lipinski definition) is 5. The highest BCUT2D eigenvalue weighted by atomic mass is 32.2. The lowest BCUT2D eigenvalue weighted by Crippen LogP contribution is -2.29. The summed E-state index contributed by atoms with van der Waals surface area (Å²) in [6, 6.07) is 10.9. The van der Waals surface area contributed by atoms with Crippen LogP contribution in [-0.2, 0) is 9.59 Å². The number of carbonyl (C=O) groups is 2. The molecule has 198 valence electrons. The number of H-pyrrole nitrogens is 2. The molecule has 0 saturated carbocycles. The molecular formula is C25H25N5O7S. The molecule has 2 aromatic carbocycles. The van der Waals surface area contributed by atoms with Crippen molar-refractivity contribution in [2.24, 2.45) is 4.99 Å². The van der Waals surface area contributed by atoms with Crippen LogP contribution in [0.5, 0.6) is 17.4 Å². The molecule has 13 heteroatoms. The molecule has 2 atom stereocenters. The Balaban J connectivity index is 1.55. The number of benzene rings is 2. The Kier molecular flexibility index (Phi) is 7.86. The molecule has 1 fully saturated rings. The van der Waals surface area contributed by atoms with Crippen molar-refractivity contribution in [3.8, 4) is 17.4 Å². The molecular weight excluding hydrogens is 514 g/mol. The van der Waals surface area contributed by atoms with Crippen molar-refractivity contribution >= 4 is 34.4 Å². The molecule has 12 nitrogen and oxygen atoms in total. The van der Waals surface area contributed by atoms with Gasteiger partial charge in [0, 0.05) is 18.2 Å². The third kappa shape index (κ3) is 5.89. The summed E-state index contributed by atoms with van der Waals surface area (Å²) in [5.74, 6) is -0.522. The fourth-order valence-electron chi connectivity index (χ4n) is 3.80. The average Bonchev–Trinajstić information content (AvgIpc) is 3.21. The SMILES string of the molecule is COc1ccc(NC(=O)C[C@@H]2SC(=N[C@@H](c3ccc(C)cc3)c3c(O)[nH]c(=O)[nH]c3=O)NC2=O)cc1OC. The number of aromatic amines is 2. The zero-order valence-corrected chi connectivity index (χ0v) is 21.5. The number of amidine groups is 1. The highest BCUT2D eigenvalue weighted by Crippen LogP contribution is 2.33. The predicted octanol–water partition coefficient (Wildman–Crippen LogP) is 1.80. The highest BCUT2D eigenvalue weighted by molar-refractivity contribution is 8.15. The van der Waals surface area contributed by atoms with E-state index in [9.17, 15) is 24.3 Å².